The molecule has 6 nitrogen and oxygen atoms in total. The van der Waals surface area contributed by atoms with Crippen molar-refractivity contribution in [1.82, 2.24) is 14.5 Å². The van der Waals surface area contributed by atoms with E-state index in [9.17, 15) is 4.79 Å². The molecule has 0 atom stereocenters. The minimum atomic E-state index is 0.0807. The maximum absolute atomic E-state index is 12.8. The van der Waals surface area contributed by atoms with Crippen molar-refractivity contribution in [3.8, 4) is 0 Å². The molecular weight excluding hydrogens is 292 g/mol. The van der Waals surface area contributed by atoms with Gasteiger partial charge in [0.2, 0.25) is 5.95 Å². The van der Waals surface area contributed by atoms with Gasteiger partial charge in [-0.25, -0.2) is 4.98 Å². The average molecular weight is 314 g/mol. The van der Waals surface area contributed by atoms with E-state index in [-0.39, 0.29) is 5.91 Å². The molecule has 1 amide bonds. The summed E-state index contributed by atoms with van der Waals surface area (Å²) in [6.45, 7) is 3.45. The van der Waals surface area contributed by atoms with Crippen molar-refractivity contribution >= 4 is 11.9 Å². The molecule has 1 aromatic heterocycles. The predicted molar refractivity (Wildman–Crippen MR) is 88.5 cm³/mol. The standard InChI is InChI=1S/C17H22N4O2/c1-19-8-7-18-17(19)21-11-9-20(10-12-21)16(22)15-6-4-3-5-14(15)13-23-2/h3-8H,9-13H2,1-2H3. The number of nitrogens with zero attached hydrogens (tertiary/aromatic N) is 4. The van der Waals surface area contributed by atoms with Crippen molar-refractivity contribution in [3.05, 3.63) is 47.8 Å². The molecule has 0 bridgehead atoms. The van der Waals surface area contributed by atoms with Crippen LogP contribution in [0.2, 0.25) is 0 Å². The summed E-state index contributed by atoms with van der Waals surface area (Å²) in [7, 11) is 3.63. The summed E-state index contributed by atoms with van der Waals surface area (Å²) in [5.74, 6) is 1.04. The zero-order valence-electron chi connectivity index (χ0n) is 13.6. The topological polar surface area (TPSA) is 50.6 Å². The van der Waals surface area contributed by atoms with Crippen molar-refractivity contribution in [2.24, 2.45) is 7.05 Å². The van der Waals surface area contributed by atoms with Crippen molar-refractivity contribution in [1.29, 1.82) is 0 Å². The highest BCUT2D eigenvalue weighted by Crippen LogP contribution is 2.17. The van der Waals surface area contributed by atoms with Crippen LogP contribution < -0.4 is 4.90 Å². The number of carbonyl (C=O) groups is 1. The van der Waals surface area contributed by atoms with Crippen LogP contribution in [-0.2, 0) is 18.4 Å². The first kappa shape index (κ1) is 15.6. The Bertz CT molecular complexity index is 675. The van der Waals surface area contributed by atoms with Crippen LogP contribution in [0.3, 0.4) is 0 Å². The molecule has 1 saturated heterocycles. The quantitative estimate of drug-likeness (QED) is 0.859. The maximum atomic E-state index is 12.8. The fraction of sp³-hybridized carbons (Fsp3) is 0.412. The van der Waals surface area contributed by atoms with Crippen LogP contribution in [0.4, 0.5) is 5.95 Å². The van der Waals surface area contributed by atoms with Crippen molar-refractivity contribution in [3.63, 3.8) is 0 Å². The monoisotopic (exact) mass is 314 g/mol. The highest BCUT2D eigenvalue weighted by Gasteiger charge is 2.25. The fourth-order valence-corrected chi connectivity index (χ4v) is 2.95. The van der Waals surface area contributed by atoms with Crippen LogP contribution in [0.1, 0.15) is 15.9 Å². The third kappa shape index (κ3) is 3.22. The molecule has 2 heterocycles. The van der Waals surface area contributed by atoms with Crippen molar-refractivity contribution in [2.45, 2.75) is 6.61 Å². The predicted octanol–water partition coefficient (Wildman–Crippen LogP) is 1.53. The Morgan fingerprint density at radius 1 is 1.22 bits per heavy atom. The van der Waals surface area contributed by atoms with Gasteiger partial charge >= 0.3 is 0 Å². The zero-order chi connectivity index (χ0) is 16.2. The van der Waals surface area contributed by atoms with Gasteiger partial charge in [0.05, 0.1) is 6.61 Å². The number of ether oxygens (including phenoxy) is 1. The number of aryl methyl sites for hydroxylation is 1. The van der Waals surface area contributed by atoms with Gasteiger partial charge in [-0.2, -0.15) is 0 Å². The second-order valence-corrected chi connectivity index (χ2v) is 5.71. The first-order chi connectivity index (χ1) is 11.2. The molecule has 1 aliphatic heterocycles. The fourth-order valence-electron chi connectivity index (χ4n) is 2.95. The molecule has 1 aromatic carbocycles. The number of piperazine rings is 1. The first-order valence-corrected chi connectivity index (χ1v) is 7.79. The maximum Gasteiger partial charge on any atom is 0.254 e. The van der Waals surface area contributed by atoms with E-state index < -0.39 is 0 Å². The van der Waals surface area contributed by atoms with Gasteiger partial charge in [0.25, 0.3) is 5.91 Å². The van der Waals surface area contributed by atoms with E-state index in [1.165, 1.54) is 0 Å². The molecule has 0 aliphatic carbocycles. The number of carbonyl (C=O) groups excluding carboxylic acids is 1. The lowest BCUT2D eigenvalue weighted by Crippen LogP contribution is -2.49. The van der Waals surface area contributed by atoms with E-state index in [1.807, 2.05) is 47.0 Å². The van der Waals surface area contributed by atoms with Gasteiger partial charge in [0.15, 0.2) is 0 Å². The van der Waals surface area contributed by atoms with Crippen LogP contribution in [-0.4, -0.2) is 53.6 Å². The second-order valence-electron chi connectivity index (χ2n) is 5.71. The summed E-state index contributed by atoms with van der Waals surface area (Å²) in [5.41, 5.74) is 1.67. The Labute approximate surface area is 136 Å². The summed E-state index contributed by atoms with van der Waals surface area (Å²) in [6, 6.07) is 7.66. The molecule has 0 spiro atoms. The van der Waals surface area contributed by atoms with E-state index in [0.717, 1.165) is 30.2 Å². The molecule has 0 radical (unpaired) electrons. The number of aromatic nitrogens is 2. The number of hydrogen-bond donors (Lipinski definition) is 0. The van der Waals surface area contributed by atoms with E-state index in [4.69, 9.17) is 4.74 Å². The van der Waals surface area contributed by atoms with E-state index in [1.54, 1.807) is 13.3 Å². The van der Waals surface area contributed by atoms with Crippen molar-refractivity contribution < 1.29 is 9.53 Å². The summed E-state index contributed by atoms with van der Waals surface area (Å²) >= 11 is 0. The van der Waals surface area contributed by atoms with E-state index in [2.05, 4.69) is 9.88 Å². The minimum absolute atomic E-state index is 0.0807. The molecule has 0 N–H and O–H groups in total. The van der Waals surface area contributed by atoms with Gasteiger partial charge in [0, 0.05) is 58.3 Å². The number of rotatable bonds is 4. The molecule has 1 aliphatic rings. The second kappa shape index (κ2) is 6.83. The average Bonchev–Trinajstić information content (AvgIpc) is 3.01. The molecule has 3 rings (SSSR count). The number of imidazole rings is 1. The summed E-state index contributed by atoms with van der Waals surface area (Å²) < 4.78 is 7.20. The number of amides is 1. The Morgan fingerprint density at radius 3 is 2.61 bits per heavy atom. The number of methoxy groups -OCH3 is 1. The lowest BCUT2D eigenvalue weighted by atomic mass is 10.1. The Kier molecular flexibility index (Phi) is 4.62. The third-order valence-electron chi connectivity index (χ3n) is 4.19. The zero-order valence-corrected chi connectivity index (χ0v) is 13.6. The van der Waals surface area contributed by atoms with Crippen LogP contribution in [0.5, 0.6) is 0 Å². The Morgan fingerprint density at radius 2 is 1.96 bits per heavy atom. The molecule has 6 heteroatoms. The van der Waals surface area contributed by atoms with Gasteiger partial charge in [-0.15, -0.1) is 0 Å². The Balaban J connectivity index is 1.68. The number of anilines is 1. The highest BCUT2D eigenvalue weighted by atomic mass is 16.5. The van der Waals surface area contributed by atoms with E-state index >= 15 is 0 Å². The summed E-state index contributed by atoms with van der Waals surface area (Å²) in [4.78, 5) is 21.3. The molecule has 1 fully saturated rings. The lowest BCUT2D eigenvalue weighted by Gasteiger charge is -2.35. The molecule has 0 saturated carbocycles. The Hall–Kier alpha value is -2.34. The lowest BCUT2D eigenvalue weighted by molar-refractivity contribution is 0.0741. The molecule has 122 valence electrons. The first-order valence-electron chi connectivity index (χ1n) is 7.79. The molecule has 2 aromatic rings. The molecule has 23 heavy (non-hydrogen) atoms. The van der Waals surface area contributed by atoms with Crippen LogP contribution in [0.15, 0.2) is 36.7 Å². The largest absolute Gasteiger partial charge is 0.380 e. The minimum Gasteiger partial charge on any atom is -0.380 e. The van der Waals surface area contributed by atoms with Crippen LogP contribution in [0, 0.1) is 0 Å². The molecule has 0 unspecified atom stereocenters. The van der Waals surface area contributed by atoms with E-state index in [0.29, 0.717) is 19.7 Å². The summed E-state index contributed by atoms with van der Waals surface area (Å²) in [6.07, 6.45) is 3.74. The van der Waals surface area contributed by atoms with Gasteiger partial charge in [-0.1, -0.05) is 18.2 Å². The third-order valence-corrected chi connectivity index (χ3v) is 4.19. The van der Waals surface area contributed by atoms with Crippen LogP contribution >= 0.6 is 0 Å². The number of hydrogen-bond acceptors (Lipinski definition) is 4. The van der Waals surface area contributed by atoms with Gasteiger partial charge < -0.3 is 19.1 Å². The normalized spacial score (nSPS) is 15.0. The SMILES string of the molecule is COCc1ccccc1C(=O)N1CCN(c2nccn2C)CC1. The van der Waals surface area contributed by atoms with Crippen LogP contribution in [0.25, 0.3) is 0 Å². The van der Waals surface area contributed by atoms with Gasteiger partial charge in [-0.3, -0.25) is 4.79 Å². The van der Waals surface area contributed by atoms with Gasteiger partial charge in [-0.05, 0) is 11.6 Å². The van der Waals surface area contributed by atoms with Gasteiger partial charge in [0.1, 0.15) is 0 Å². The molecular formula is C17H22N4O2. The highest BCUT2D eigenvalue weighted by molar-refractivity contribution is 5.95. The summed E-state index contributed by atoms with van der Waals surface area (Å²) in [5, 5.41) is 0. The smallest absolute Gasteiger partial charge is 0.254 e. The number of benzene rings is 1. The van der Waals surface area contributed by atoms with Crippen molar-refractivity contribution in [2.75, 3.05) is 38.2 Å².